The SMILES string of the molecule is CCCCCCOC(=O)c1cccc(C)c1C(=O)OCCCCCC. The van der Waals surface area contributed by atoms with Crippen LogP contribution in [-0.2, 0) is 9.47 Å². The van der Waals surface area contributed by atoms with Crippen LogP contribution in [0.2, 0.25) is 0 Å². The molecule has 0 fully saturated rings. The highest BCUT2D eigenvalue weighted by molar-refractivity contribution is 6.04. The zero-order chi connectivity index (χ0) is 18.5. The van der Waals surface area contributed by atoms with Crippen molar-refractivity contribution in [2.75, 3.05) is 13.2 Å². The molecule has 0 radical (unpaired) electrons. The second kappa shape index (κ2) is 12.5. The number of carbonyl (C=O) groups excluding carboxylic acids is 2. The van der Waals surface area contributed by atoms with Crippen molar-refractivity contribution >= 4 is 11.9 Å². The van der Waals surface area contributed by atoms with Gasteiger partial charge in [-0.05, 0) is 31.4 Å². The number of hydrogen-bond acceptors (Lipinski definition) is 4. The standard InChI is InChI=1S/C21H32O4/c1-4-6-8-10-15-24-20(22)18-14-12-13-17(3)19(18)21(23)25-16-11-9-7-5-2/h12-14H,4-11,15-16H2,1-3H3. The summed E-state index contributed by atoms with van der Waals surface area (Å²) in [4.78, 5) is 24.7. The van der Waals surface area contributed by atoms with Gasteiger partial charge in [0, 0.05) is 0 Å². The van der Waals surface area contributed by atoms with Gasteiger partial charge < -0.3 is 9.47 Å². The molecule has 0 aliphatic rings. The predicted molar refractivity (Wildman–Crippen MR) is 100 cm³/mol. The highest BCUT2D eigenvalue weighted by Gasteiger charge is 2.21. The first-order valence-electron chi connectivity index (χ1n) is 9.55. The molecule has 1 aromatic carbocycles. The van der Waals surface area contributed by atoms with Gasteiger partial charge in [0.25, 0.3) is 0 Å². The fourth-order valence-corrected chi connectivity index (χ4v) is 2.65. The van der Waals surface area contributed by atoms with Gasteiger partial charge >= 0.3 is 11.9 Å². The minimum Gasteiger partial charge on any atom is -0.462 e. The summed E-state index contributed by atoms with van der Waals surface area (Å²) in [5, 5.41) is 0. The second-order valence-electron chi connectivity index (χ2n) is 6.39. The van der Waals surface area contributed by atoms with Crippen molar-refractivity contribution in [3.05, 3.63) is 34.9 Å². The maximum Gasteiger partial charge on any atom is 0.339 e. The average molecular weight is 348 g/mol. The van der Waals surface area contributed by atoms with Crippen LogP contribution in [0.15, 0.2) is 18.2 Å². The average Bonchev–Trinajstić information content (AvgIpc) is 2.60. The van der Waals surface area contributed by atoms with Gasteiger partial charge in [0.05, 0.1) is 24.3 Å². The van der Waals surface area contributed by atoms with E-state index in [0.717, 1.165) is 56.9 Å². The summed E-state index contributed by atoms with van der Waals surface area (Å²) in [6, 6.07) is 5.21. The van der Waals surface area contributed by atoms with Crippen molar-refractivity contribution in [3.8, 4) is 0 Å². The quantitative estimate of drug-likeness (QED) is 0.371. The first kappa shape index (κ1) is 21.2. The maximum absolute atomic E-state index is 12.4. The second-order valence-corrected chi connectivity index (χ2v) is 6.39. The number of unbranched alkanes of at least 4 members (excludes halogenated alkanes) is 6. The van der Waals surface area contributed by atoms with E-state index < -0.39 is 11.9 Å². The predicted octanol–water partition coefficient (Wildman–Crippen LogP) is 5.47. The Morgan fingerprint density at radius 2 is 1.36 bits per heavy atom. The molecular formula is C21H32O4. The molecular weight excluding hydrogens is 316 g/mol. The summed E-state index contributed by atoms with van der Waals surface area (Å²) in [7, 11) is 0. The lowest BCUT2D eigenvalue weighted by molar-refractivity contribution is 0.0449. The molecule has 0 aliphatic carbocycles. The van der Waals surface area contributed by atoms with Crippen LogP contribution in [0.1, 0.15) is 91.5 Å². The summed E-state index contributed by atoms with van der Waals surface area (Å²) in [5.74, 6) is -0.884. The Kier molecular flexibility index (Phi) is 10.6. The highest BCUT2D eigenvalue weighted by atomic mass is 16.5. The Balaban J connectivity index is 2.63. The fourth-order valence-electron chi connectivity index (χ4n) is 2.65. The minimum absolute atomic E-state index is 0.300. The molecule has 0 amide bonds. The van der Waals surface area contributed by atoms with Gasteiger partial charge in [0.2, 0.25) is 0 Å². The lowest BCUT2D eigenvalue weighted by atomic mass is 10.0. The number of ether oxygens (including phenoxy) is 2. The van der Waals surface area contributed by atoms with Crippen molar-refractivity contribution in [1.82, 2.24) is 0 Å². The van der Waals surface area contributed by atoms with Gasteiger partial charge in [-0.25, -0.2) is 9.59 Å². The van der Waals surface area contributed by atoms with E-state index >= 15 is 0 Å². The normalized spacial score (nSPS) is 10.5. The molecule has 4 nitrogen and oxygen atoms in total. The summed E-state index contributed by atoms with van der Waals surface area (Å²) in [6.45, 7) is 6.86. The van der Waals surface area contributed by atoms with E-state index in [1.807, 2.05) is 13.0 Å². The number of hydrogen-bond donors (Lipinski definition) is 0. The van der Waals surface area contributed by atoms with Crippen LogP contribution in [0.3, 0.4) is 0 Å². The molecule has 1 rings (SSSR count). The van der Waals surface area contributed by atoms with Crippen LogP contribution in [0.4, 0.5) is 0 Å². The number of carbonyl (C=O) groups is 2. The molecule has 0 bridgehead atoms. The van der Waals surface area contributed by atoms with Crippen LogP contribution in [0, 0.1) is 6.92 Å². The Morgan fingerprint density at radius 3 is 1.92 bits per heavy atom. The van der Waals surface area contributed by atoms with Crippen molar-refractivity contribution in [2.45, 2.75) is 72.1 Å². The molecule has 0 heterocycles. The van der Waals surface area contributed by atoms with E-state index in [9.17, 15) is 9.59 Å². The van der Waals surface area contributed by atoms with Gasteiger partial charge in [-0.2, -0.15) is 0 Å². The Labute approximate surface area is 151 Å². The number of esters is 2. The summed E-state index contributed by atoms with van der Waals surface area (Å²) < 4.78 is 10.7. The highest BCUT2D eigenvalue weighted by Crippen LogP contribution is 2.17. The van der Waals surface area contributed by atoms with E-state index in [1.54, 1.807) is 12.1 Å². The lowest BCUT2D eigenvalue weighted by Gasteiger charge is -2.12. The molecule has 0 saturated carbocycles. The van der Waals surface area contributed by atoms with Gasteiger partial charge in [-0.15, -0.1) is 0 Å². The van der Waals surface area contributed by atoms with Crippen molar-refractivity contribution in [2.24, 2.45) is 0 Å². The lowest BCUT2D eigenvalue weighted by Crippen LogP contribution is -2.16. The van der Waals surface area contributed by atoms with Crippen LogP contribution >= 0.6 is 0 Å². The van der Waals surface area contributed by atoms with Crippen molar-refractivity contribution in [3.63, 3.8) is 0 Å². The zero-order valence-electron chi connectivity index (χ0n) is 15.9. The molecule has 25 heavy (non-hydrogen) atoms. The minimum atomic E-state index is -0.446. The fraction of sp³-hybridized carbons (Fsp3) is 0.619. The largest absolute Gasteiger partial charge is 0.462 e. The van der Waals surface area contributed by atoms with Gasteiger partial charge in [-0.1, -0.05) is 64.5 Å². The van der Waals surface area contributed by atoms with E-state index in [1.165, 1.54) is 0 Å². The molecule has 0 aliphatic heterocycles. The van der Waals surface area contributed by atoms with Crippen LogP contribution in [0.25, 0.3) is 0 Å². The van der Waals surface area contributed by atoms with E-state index in [0.29, 0.717) is 24.3 Å². The number of benzene rings is 1. The third-order valence-corrected chi connectivity index (χ3v) is 4.16. The van der Waals surface area contributed by atoms with Crippen LogP contribution in [-0.4, -0.2) is 25.2 Å². The first-order chi connectivity index (χ1) is 12.1. The molecule has 140 valence electrons. The summed E-state index contributed by atoms with van der Waals surface area (Å²) >= 11 is 0. The van der Waals surface area contributed by atoms with Crippen molar-refractivity contribution in [1.29, 1.82) is 0 Å². The Bertz CT molecular complexity index is 537. The molecule has 1 aromatic rings. The Morgan fingerprint density at radius 1 is 0.800 bits per heavy atom. The molecule has 4 heteroatoms. The number of rotatable bonds is 12. The van der Waals surface area contributed by atoms with Gasteiger partial charge in [0.1, 0.15) is 0 Å². The van der Waals surface area contributed by atoms with E-state index in [-0.39, 0.29) is 0 Å². The summed E-state index contributed by atoms with van der Waals surface area (Å²) in [5.41, 5.74) is 1.37. The number of aryl methyl sites for hydroxylation is 1. The monoisotopic (exact) mass is 348 g/mol. The third kappa shape index (κ3) is 7.72. The molecule has 0 saturated heterocycles. The first-order valence-corrected chi connectivity index (χ1v) is 9.55. The smallest absolute Gasteiger partial charge is 0.339 e. The van der Waals surface area contributed by atoms with Crippen LogP contribution < -0.4 is 0 Å². The van der Waals surface area contributed by atoms with Crippen LogP contribution in [0.5, 0.6) is 0 Å². The molecule has 0 spiro atoms. The molecule has 0 N–H and O–H groups in total. The zero-order valence-corrected chi connectivity index (χ0v) is 15.9. The maximum atomic E-state index is 12.4. The molecule has 0 aromatic heterocycles. The molecule has 0 unspecified atom stereocenters. The Hall–Kier alpha value is -1.84. The van der Waals surface area contributed by atoms with E-state index in [4.69, 9.17) is 9.47 Å². The van der Waals surface area contributed by atoms with E-state index in [2.05, 4.69) is 13.8 Å². The topological polar surface area (TPSA) is 52.6 Å². The molecule has 0 atom stereocenters. The summed E-state index contributed by atoms with van der Waals surface area (Å²) in [6.07, 6.45) is 8.34. The third-order valence-electron chi connectivity index (χ3n) is 4.16. The van der Waals surface area contributed by atoms with Gasteiger partial charge in [-0.3, -0.25) is 0 Å². The van der Waals surface area contributed by atoms with Gasteiger partial charge in [0.15, 0.2) is 0 Å². The van der Waals surface area contributed by atoms with Crippen molar-refractivity contribution < 1.29 is 19.1 Å².